The highest BCUT2D eigenvalue weighted by atomic mass is 15.3. The van der Waals surface area contributed by atoms with E-state index in [-0.39, 0.29) is 0 Å². The molecule has 2 aromatic rings. The van der Waals surface area contributed by atoms with E-state index < -0.39 is 0 Å². The van der Waals surface area contributed by atoms with Crippen LogP contribution in [0.4, 0.5) is 5.82 Å². The van der Waals surface area contributed by atoms with Gasteiger partial charge >= 0.3 is 0 Å². The lowest BCUT2D eigenvalue weighted by atomic mass is 10.1. The standard InChI is InChI=1S/C16H22N4/c1-19(2)14-7-8-20(11-14)16-15-6-4-3-5-12(15)9-13(10-17)18-16/h3-6,9,14H,7-8,10-11,17H2,1-2H3. The minimum Gasteiger partial charge on any atom is -0.354 e. The van der Waals surface area contributed by atoms with Crippen LogP contribution in [0, 0.1) is 0 Å². The van der Waals surface area contributed by atoms with Gasteiger partial charge in [0.15, 0.2) is 0 Å². The lowest BCUT2D eigenvalue weighted by molar-refractivity contribution is 0.315. The highest BCUT2D eigenvalue weighted by Crippen LogP contribution is 2.29. The predicted molar refractivity (Wildman–Crippen MR) is 83.9 cm³/mol. The maximum absolute atomic E-state index is 5.79. The predicted octanol–water partition coefficient (Wildman–Crippen LogP) is 1.83. The molecule has 0 saturated carbocycles. The topological polar surface area (TPSA) is 45.4 Å². The minimum absolute atomic E-state index is 0.489. The van der Waals surface area contributed by atoms with E-state index in [1.807, 2.05) is 0 Å². The summed E-state index contributed by atoms with van der Waals surface area (Å²) < 4.78 is 0. The first kappa shape index (κ1) is 13.3. The van der Waals surface area contributed by atoms with Crippen molar-refractivity contribution in [2.45, 2.75) is 19.0 Å². The van der Waals surface area contributed by atoms with Crippen molar-refractivity contribution in [3.63, 3.8) is 0 Å². The van der Waals surface area contributed by atoms with Crippen LogP contribution in [0.25, 0.3) is 10.8 Å². The van der Waals surface area contributed by atoms with Crippen LogP contribution < -0.4 is 10.6 Å². The Morgan fingerprint density at radius 3 is 2.85 bits per heavy atom. The molecule has 4 nitrogen and oxygen atoms in total. The molecule has 0 bridgehead atoms. The molecule has 2 N–H and O–H groups in total. The molecule has 1 unspecified atom stereocenters. The number of likely N-dealkylation sites (N-methyl/N-ethyl adjacent to an activating group) is 1. The van der Waals surface area contributed by atoms with Crippen molar-refractivity contribution < 1.29 is 0 Å². The van der Waals surface area contributed by atoms with Crippen molar-refractivity contribution in [1.82, 2.24) is 9.88 Å². The van der Waals surface area contributed by atoms with Crippen molar-refractivity contribution in [3.8, 4) is 0 Å². The maximum Gasteiger partial charge on any atom is 0.136 e. The molecule has 0 aliphatic carbocycles. The number of benzene rings is 1. The van der Waals surface area contributed by atoms with Crippen LogP contribution in [0.1, 0.15) is 12.1 Å². The smallest absolute Gasteiger partial charge is 0.136 e. The summed E-state index contributed by atoms with van der Waals surface area (Å²) in [5.41, 5.74) is 6.76. The SMILES string of the molecule is CN(C)C1CCN(c2nc(CN)cc3ccccc23)C1. The van der Waals surface area contributed by atoms with Gasteiger partial charge in [-0.05, 0) is 32.0 Å². The zero-order valence-corrected chi connectivity index (χ0v) is 12.2. The van der Waals surface area contributed by atoms with Crippen molar-refractivity contribution in [2.75, 3.05) is 32.1 Å². The quantitative estimate of drug-likeness (QED) is 0.924. The number of nitrogens with zero attached hydrogens (tertiary/aromatic N) is 3. The summed E-state index contributed by atoms with van der Waals surface area (Å²) in [5.74, 6) is 1.09. The summed E-state index contributed by atoms with van der Waals surface area (Å²) in [7, 11) is 4.30. The first-order valence-corrected chi connectivity index (χ1v) is 7.19. The Morgan fingerprint density at radius 1 is 1.35 bits per heavy atom. The van der Waals surface area contributed by atoms with Gasteiger partial charge in [0.1, 0.15) is 5.82 Å². The van der Waals surface area contributed by atoms with Gasteiger partial charge in [0.25, 0.3) is 0 Å². The Labute approximate surface area is 120 Å². The van der Waals surface area contributed by atoms with Gasteiger partial charge in [0.05, 0.1) is 5.69 Å². The van der Waals surface area contributed by atoms with Gasteiger partial charge < -0.3 is 15.5 Å². The van der Waals surface area contributed by atoms with Gasteiger partial charge in [-0.1, -0.05) is 24.3 Å². The van der Waals surface area contributed by atoms with E-state index >= 15 is 0 Å². The second-order valence-corrected chi connectivity index (χ2v) is 5.71. The molecule has 3 rings (SSSR count). The van der Waals surface area contributed by atoms with E-state index in [1.165, 1.54) is 17.2 Å². The van der Waals surface area contributed by atoms with Gasteiger partial charge in [-0.15, -0.1) is 0 Å². The van der Waals surface area contributed by atoms with E-state index in [0.717, 1.165) is 24.6 Å². The molecule has 1 aromatic heterocycles. The summed E-state index contributed by atoms with van der Waals surface area (Å²) in [6.45, 7) is 2.59. The molecular weight excluding hydrogens is 248 g/mol. The second-order valence-electron chi connectivity index (χ2n) is 5.71. The zero-order valence-electron chi connectivity index (χ0n) is 12.2. The highest BCUT2D eigenvalue weighted by Gasteiger charge is 2.26. The van der Waals surface area contributed by atoms with Gasteiger partial charge in [-0.25, -0.2) is 4.98 Å². The normalized spacial score (nSPS) is 19.2. The molecule has 1 aliphatic rings. The van der Waals surface area contributed by atoms with Crippen molar-refractivity contribution in [1.29, 1.82) is 0 Å². The van der Waals surface area contributed by atoms with Gasteiger partial charge in [-0.3, -0.25) is 0 Å². The number of anilines is 1. The summed E-state index contributed by atoms with van der Waals surface area (Å²) in [6.07, 6.45) is 1.19. The third kappa shape index (κ3) is 2.37. The number of hydrogen-bond donors (Lipinski definition) is 1. The third-order valence-electron chi connectivity index (χ3n) is 4.18. The highest BCUT2D eigenvalue weighted by molar-refractivity contribution is 5.92. The van der Waals surface area contributed by atoms with Crippen LogP contribution in [0.15, 0.2) is 30.3 Å². The number of nitrogens with two attached hydrogens (primary N) is 1. The van der Waals surface area contributed by atoms with E-state index in [1.54, 1.807) is 0 Å². The number of hydrogen-bond acceptors (Lipinski definition) is 4. The Kier molecular flexibility index (Phi) is 3.59. The largest absolute Gasteiger partial charge is 0.354 e. The first-order valence-electron chi connectivity index (χ1n) is 7.19. The average molecular weight is 270 g/mol. The second kappa shape index (κ2) is 5.38. The van der Waals surface area contributed by atoms with Crippen LogP contribution in [0.5, 0.6) is 0 Å². The fraction of sp³-hybridized carbons (Fsp3) is 0.438. The Hall–Kier alpha value is -1.65. The summed E-state index contributed by atoms with van der Waals surface area (Å²) in [4.78, 5) is 9.47. The van der Waals surface area contributed by atoms with E-state index in [2.05, 4.69) is 54.2 Å². The molecule has 4 heteroatoms. The van der Waals surface area contributed by atoms with Crippen molar-refractivity contribution in [3.05, 3.63) is 36.0 Å². The van der Waals surface area contributed by atoms with Gasteiger partial charge in [0.2, 0.25) is 0 Å². The van der Waals surface area contributed by atoms with Crippen molar-refractivity contribution >= 4 is 16.6 Å². The molecule has 0 amide bonds. The van der Waals surface area contributed by atoms with Crippen LogP contribution in [-0.4, -0.2) is 43.1 Å². The number of rotatable bonds is 3. The first-order chi connectivity index (χ1) is 9.69. The van der Waals surface area contributed by atoms with Crippen molar-refractivity contribution in [2.24, 2.45) is 5.73 Å². The molecule has 1 fully saturated rings. The molecule has 2 heterocycles. The lowest BCUT2D eigenvalue weighted by Crippen LogP contribution is -2.31. The van der Waals surface area contributed by atoms with E-state index in [4.69, 9.17) is 10.7 Å². The maximum atomic E-state index is 5.79. The van der Waals surface area contributed by atoms with Gasteiger partial charge in [-0.2, -0.15) is 0 Å². The molecule has 1 atom stereocenters. The van der Waals surface area contributed by atoms with E-state index in [0.29, 0.717) is 12.6 Å². The number of aromatic nitrogens is 1. The minimum atomic E-state index is 0.489. The van der Waals surface area contributed by atoms with Crippen LogP contribution >= 0.6 is 0 Å². The molecule has 1 aliphatic heterocycles. The fourth-order valence-corrected chi connectivity index (χ4v) is 2.94. The Balaban J connectivity index is 2.02. The monoisotopic (exact) mass is 270 g/mol. The average Bonchev–Trinajstić information content (AvgIpc) is 2.96. The molecule has 0 spiro atoms. The van der Waals surface area contributed by atoms with Crippen LogP contribution in [0.3, 0.4) is 0 Å². The lowest BCUT2D eigenvalue weighted by Gasteiger charge is -2.22. The summed E-state index contributed by atoms with van der Waals surface area (Å²) in [6, 6.07) is 11.1. The van der Waals surface area contributed by atoms with Crippen LogP contribution in [0.2, 0.25) is 0 Å². The molecule has 1 saturated heterocycles. The zero-order chi connectivity index (χ0) is 14.1. The number of fused-ring (bicyclic) bond motifs is 1. The molecule has 20 heavy (non-hydrogen) atoms. The third-order valence-corrected chi connectivity index (χ3v) is 4.18. The molecule has 1 aromatic carbocycles. The summed E-state index contributed by atoms with van der Waals surface area (Å²) in [5, 5.41) is 2.45. The Bertz CT molecular complexity index is 608. The Morgan fingerprint density at radius 2 is 2.15 bits per heavy atom. The van der Waals surface area contributed by atoms with E-state index in [9.17, 15) is 0 Å². The van der Waals surface area contributed by atoms with Crippen LogP contribution in [-0.2, 0) is 6.54 Å². The number of pyridine rings is 1. The summed E-state index contributed by atoms with van der Waals surface area (Å²) >= 11 is 0. The molecule has 0 radical (unpaired) electrons. The van der Waals surface area contributed by atoms with Gasteiger partial charge in [0, 0.05) is 31.1 Å². The molecule has 106 valence electrons. The fourth-order valence-electron chi connectivity index (χ4n) is 2.94. The molecular formula is C16H22N4.